The number of aromatic nitrogens is 4. The second kappa shape index (κ2) is 9.40. The van der Waals surface area contributed by atoms with Crippen LogP contribution in [0.2, 0.25) is 0 Å². The standard InChI is InChI=1S/C24H27N5O3S/c1-16(2)33(30,31)20-11-9-18(10-12-20)21-13-25-14-22(26-21)24-28-27-23(32-24)19-7-5-17(6-8-19)15-29(3)4/h5-14,16,30-31H,15H2,1-4H3. The molecule has 0 aliphatic rings. The molecule has 9 heteroatoms. The van der Waals surface area contributed by atoms with Gasteiger partial charge in [-0.05, 0) is 57.8 Å². The third-order valence-electron chi connectivity index (χ3n) is 5.13. The van der Waals surface area contributed by atoms with Gasteiger partial charge in [-0.1, -0.05) is 24.3 Å². The SMILES string of the molecule is CC(C)S(O)(O)c1ccc(-c2cncc(-c3nnc(-c4ccc(CN(C)C)cc4)o3)n2)cc1. The van der Waals surface area contributed by atoms with Crippen molar-refractivity contribution in [3.63, 3.8) is 0 Å². The van der Waals surface area contributed by atoms with Crippen LogP contribution >= 0.6 is 10.6 Å². The van der Waals surface area contributed by atoms with Gasteiger partial charge >= 0.3 is 0 Å². The summed E-state index contributed by atoms with van der Waals surface area (Å²) in [6.07, 6.45) is 3.21. The predicted octanol–water partition coefficient (Wildman–Crippen LogP) is 5.44. The van der Waals surface area contributed by atoms with Crippen molar-refractivity contribution in [1.29, 1.82) is 0 Å². The molecule has 2 heterocycles. The van der Waals surface area contributed by atoms with Crippen molar-refractivity contribution in [2.75, 3.05) is 14.1 Å². The summed E-state index contributed by atoms with van der Waals surface area (Å²) < 4.78 is 26.6. The van der Waals surface area contributed by atoms with E-state index in [-0.39, 0.29) is 11.1 Å². The summed E-state index contributed by atoms with van der Waals surface area (Å²) in [7, 11) is 1.23. The van der Waals surface area contributed by atoms with Gasteiger partial charge in [0, 0.05) is 22.9 Å². The maximum absolute atomic E-state index is 10.3. The van der Waals surface area contributed by atoms with Crippen molar-refractivity contribution < 1.29 is 13.5 Å². The quantitative estimate of drug-likeness (QED) is 0.371. The molecule has 0 saturated carbocycles. The van der Waals surface area contributed by atoms with E-state index < -0.39 is 10.6 Å². The minimum absolute atomic E-state index is 0.262. The number of hydrogen-bond donors (Lipinski definition) is 2. The van der Waals surface area contributed by atoms with Gasteiger partial charge in [-0.15, -0.1) is 10.2 Å². The van der Waals surface area contributed by atoms with E-state index in [0.717, 1.165) is 17.7 Å². The molecule has 2 aromatic carbocycles. The van der Waals surface area contributed by atoms with Gasteiger partial charge in [0.1, 0.15) is 5.69 Å². The Bertz CT molecular complexity index is 1220. The number of nitrogens with zero attached hydrogens (tertiary/aromatic N) is 5. The summed E-state index contributed by atoms with van der Waals surface area (Å²) in [5.74, 6) is 0.694. The van der Waals surface area contributed by atoms with Crippen LogP contribution in [0.15, 0.2) is 70.2 Å². The Labute approximate surface area is 194 Å². The monoisotopic (exact) mass is 465 g/mol. The summed E-state index contributed by atoms with van der Waals surface area (Å²) in [4.78, 5) is 11.5. The summed E-state index contributed by atoms with van der Waals surface area (Å²) in [5.41, 5.74) is 3.91. The first-order valence-corrected chi connectivity index (χ1v) is 12.1. The lowest BCUT2D eigenvalue weighted by Gasteiger charge is -2.36. The van der Waals surface area contributed by atoms with Gasteiger partial charge in [-0.3, -0.25) is 14.1 Å². The van der Waals surface area contributed by atoms with Crippen LogP contribution in [0.1, 0.15) is 19.4 Å². The van der Waals surface area contributed by atoms with Crippen LogP contribution in [-0.4, -0.2) is 53.5 Å². The zero-order chi connectivity index (χ0) is 23.6. The van der Waals surface area contributed by atoms with Crippen LogP contribution in [0, 0.1) is 0 Å². The molecule has 0 bridgehead atoms. The smallest absolute Gasteiger partial charge is 0.268 e. The van der Waals surface area contributed by atoms with Crippen molar-refractivity contribution >= 4 is 10.6 Å². The van der Waals surface area contributed by atoms with Gasteiger partial charge < -0.3 is 9.32 Å². The van der Waals surface area contributed by atoms with Gasteiger partial charge in [0.05, 0.1) is 23.0 Å². The fourth-order valence-corrected chi connectivity index (χ4v) is 4.35. The Morgan fingerprint density at radius 3 is 2.09 bits per heavy atom. The zero-order valence-electron chi connectivity index (χ0n) is 19.0. The second-order valence-electron chi connectivity index (χ2n) is 8.30. The molecule has 33 heavy (non-hydrogen) atoms. The summed E-state index contributed by atoms with van der Waals surface area (Å²) >= 11 is 0. The number of rotatable bonds is 7. The van der Waals surface area contributed by atoms with E-state index in [4.69, 9.17) is 4.42 Å². The predicted molar refractivity (Wildman–Crippen MR) is 130 cm³/mol. The zero-order valence-corrected chi connectivity index (χ0v) is 19.8. The van der Waals surface area contributed by atoms with Crippen LogP contribution in [0.25, 0.3) is 34.3 Å². The highest BCUT2D eigenvalue weighted by molar-refractivity contribution is 8.24. The average Bonchev–Trinajstić information content (AvgIpc) is 3.30. The Morgan fingerprint density at radius 2 is 1.45 bits per heavy atom. The van der Waals surface area contributed by atoms with Gasteiger partial charge in [-0.2, -0.15) is 10.6 Å². The Balaban J connectivity index is 1.56. The molecule has 4 aromatic rings. The highest BCUT2D eigenvalue weighted by Gasteiger charge is 2.20. The molecule has 0 radical (unpaired) electrons. The lowest BCUT2D eigenvalue weighted by Crippen LogP contribution is -2.10. The molecule has 4 rings (SSSR count). The molecule has 0 amide bonds. The van der Waals surface area contributed by atoms with Crippen LogP contribution in [0.3, 0.4) is 0 Å². The van der Waals surface area contributed by atoms with E-state index in [1.807, 2.05) is 38.4 Å². The summed E-state index contributed by atoms with van der Waals surface area (Å²) in [6.45, 7) is 4.43. The van der Waals surface area contributed by atoms with Crippen molar-refractivity contribution in [1.82, 2.24) is 25.1 Å². The molecular formula is C24H27N5O3S. The van der Waals surface area contributed by atoms with E-state index in [9.17, 15) is 9.11 Å². The van der Waals surface area contributed by atoms with E-state index >= 15 is 0 Å². The van der Waals surface area contributed by atoms with E-state index in [1.54, 1.807) is 50.5 Å². The first-order valence-electron chi connectivity index (χ1n) is 10.5. The molecule has 0 aliphatic carbocycles. The topological polar surface area (TPSA) is 108 Å². The lowest BCUT2D eigenvalue weighted by atomic mass is 10.1. The fraction of sp³-hybridized carbons (Fsp3) is 0.250. The Morgan fingerprint density at radius 1 is 0.848 bits per heavy atom. The first-order chi connectivity index (χ1) is 15.7. The largest absolute Gasteiger partial charge is 0.415 e. The maximum Gasteiger partial charge on any atom is 0.268 e. The second-order valence-corrected chi connectivity index (χ2v) is 10.9. The summed E-state index contributed by atoms with van der Waals surface area (Å²) in [6, 6.07) is 15.0. The fourth-order valence-electron chi connectivity index (χ4n) is 3.27. The molecule has 0 aliphatic heterocycles. The van der Waals surface area contributed by atoms with Gasteiger partial charge in [-0.25, -0.2) is 4.98 Å². The minimum atomic E-state index is -2.83. The van der Waals surface area contributed by atoms with E-state index in [0.29, 0.717) is 22.2 Å². The Kier molecular flexibility index (Phi) is 6.57. The van der Waals surface area contributed by atoms with E-state index in [1.165, 1.54) is 5.56 Å². The van der Waals surface area contributed by atoms with Gasteiger partial charge in [0.2, 0.25) is 5.89 Å². The molecule has 0 unspecified atom stereocenters. The van der Waals surface area contributed by atoms with Crippen molar-refractivity contribution in [2.45, 2.75) is 30.5 Å². The number of benzene rings is 2. The first kappa shape index (κ1) is 23.1. The molecule has 0 fully saturated rings. The van der Waals surface area contributed by atoms with Crippen LogP contribution in [0.5, 0.6) is 0 Å². The highest BCUT2D eigenvalue weighted by atomic mass is 32.3. The van der Waals surface area contributed by atoms with Crippen LogP contribution in [0.4, 0.5) is 0 Å². The molecule has 0 spiro atoms. The third kappa shape index (κ3) is 5.12. The Hall–Kier alpha value is -3.11. The molecule has 2 aromatic heterocycles. The van der Waals surface area contributed by atoms with Gasteiger partial charge in [0.15, 0.2) is 0 Å². The van der Waals surface area contributed by atoms with Gasteiger partial charge in [0.25, 0.3) is 5.89 Å². The molecule has 172 valence electrons. The highest BCUT2D eigenvalue weighted by Crippen LogP contribution is 2.52. The molecule has 8 nitrogen and oxygen atoms in total. The molecule has 0 saturated heterocycles. The molecule has 0 atom stereocenters. The van der Waals surface area contributed by atoms with Crippen molar-refractivity contribution in [3.05, 3.63) is 66.5 Å². The minimum Gasteiger partial charge on any atom is -0.415 e. The normalized spacial score (nSPS) is 12.5. The third-order valence-corrected chi connectivity index (χ3v) is 7.41. The number of hydrogen-bond acceptors (Lipinski definition) is 8. The summed E-state index contributed by atoms with van der Waals surface area (Å²) in [5, 5.41) is 8.05. The van der Waals surface area contributed by atoms with Crippen molar-refractivity contribution in [2.24, 2.45) is 0 Å². The lowest BCUT2D eigenvalue weighted by molar-refractivity contribution is 0.402. The van der Waals surface area contributed by atoms with Crippen LogP contribution < -0.4 is 0 Å². The molecular weight excluding hydrogens is 438 g/mol. The molecule has 2 N–H and O–H groups in total. The maximum atomic E-state index is 10.3. The van der Waals surface area contributed by atoms with Crippen LogP contribution in [-0.2, 0) is 6.54 Å². The van der Waals surface area contributed by atoms with Crippen molar-refractivity contribution in [3.8, 4) is 34.3 Å². The van der Waals surface area contributed by atoms with E-state index in [2.05, 4.69) is 25.1 Å². The average molecular weight is 466 g/mol.